The first kappa shape index (κ1) is 14.9. The molecule has 0 bridgehead atoms. The van der Waals surface area contributed by atoms with Crippen LogP contribution in [0.5, 0.6) is 5.75 Å². The number of nitrogens with one attached hydrogen (secondary N) is 1. The molecule has 0 saturated heterocycles. The van der Waals surface area contributed by atoms with E-state index in [4.69, 9.17) is 4.74 Å². The van der Waals surface area contributed by atoms with Crippen molar-refractivity contribution < 1.29 is 13.5 Å². The number of rotatable bonds is 5. The lowest BCUT2D eigenvalue weighted by molar-refractivity contribution is 0.222. The average molecular weight is 288 g/mol. The highest BCUT2D eigenvalue weighted by molar-refractivity contribution is 5.32. The lowest BCUT2D eigenvalue weighted by Crippen LogP contribution is -2.44. The Hall–Kier alpha value is -2.45. The molecule has 2 rings (SSSR count). The van der Waals surface area contributed by atoms with Gasteiger partial charge in [0.05, 0.1) is 6.07 Å². The largest absolute Gasteiger partial charge is 0.487 e. The zero-order valence-electron chi connectivity index (χ0n) is 11.4. The lowest BCUT2D eigenvalue weighted by atomic mass is 9.92. The molecule has 1 N–H and O–H groups in total. The number of hydrogen-bond acceptors (Lipinski definition) is 3. The van der Waals surface area contributed by atoms with Crippen molar-refractivity contribution in [2.24, 2.45) is 0 Å². The van der Waals surface area contributed by atoms with Gasteiger partial charge in [0.15, 0.2) is 17.1 Å². The summed E-state index contributed by atoms with van der Waals surface area (Å²) in [5.74, 6) is -1.57. The van der Waals surface area contributed by atoms with Crippen molar-refractivity contribution >= 4 is 0 Å². The molecule has 0 aliphatic rings. The molecular formula is C16H14F2N2O. The van der Waals surface area contributed by atoms with Crippen molar-refractivity contribution in [2.75, 3.05) is 13.7 Å². The SMILES string of the molecule is CNC(C#N)(COc1ccc(F)cc1F)c1ccccc1. The fraction of sp³-hybridized carbons (Fsp3) is 0.188. The molecular weight excluding hydrogens is 274 g/mol. The summed E-state index contributed by atoms with van der Waals surface area (Å²) in [5.41, 5.74) is -0.403. The Morgan fingerprint density at radius 2 is 1.90 bits per heavy atom. The molecule has 108 valence electrons. The molecule has 0 aromatic heterocycles. The van der Waals surface area contributed by atoms with Crippen molar-refractivity contribution in [2.45, 2.75) is 5.54 Å². The summed E-state index contributed by atoms with van der Waals surface area (Å²) in [5, 5.41) is 12.4. The third-order valence-electron chi connectivity index (χ3n) is 3.22. The molecule has 1 unspecified atom stereocenters. The van der Waals surface area contributed by atoms with E-state index < -0.39 is 17.2 Å². The molecule has 0 aliphatic carbocycles. The Kier molecular flexibility index (Phi) is 4.51. The first-order valence-corrected chi connectivity index (χ1v) is 6.35. The fourth-order valence-electron chi connectivity index (χ4n) is 1.95. The van der Waals surface area contributed by atoms with Gasteiger partial charge in [-0.2, -0.15) is 5.26 Å². The molecule has 2 aromatic carbocycles. The highest BCUT2D eigenvalue weighted by atomic mass is 19.1. The highest BCUT2D eigenvalue weighted by Crippen LogP contribution is 2.24. The number of likely N-dealkylation sites (N-methyl/N-ethyl adjacent to an activating group) is 1. The standard InChI is InChI=1S/C16H14F2N2O/c1-20-16(10-19,12-5-3-2-4-6-12)11-21-15-8-7-13(17)9-14(15)18/h2-9,20H,11H2,1H3. The van der Waals surface area contributed by atoms with Crippen LogP contribution < -0.4 is 10.1 Å². The van der Waals surface area contributed by atoms with E-state index in [2.05, 4.69) is 11.4 Å². The van der Waals surface area contributed by atoms with Crippen LogP contribution >= 0.6 is 0 Å². The van der Waals surface area contributed by atoms with Gasteiger partial charge in [-0.15, -0.1) is 0 Å². The molecule has 0 heterocycles. The Bertz CT molecular complexity index is 655. The zero-order valence-corrected chi connectivity index (χ0v) is 11.4. The Morgan fingerprint density at radius 3 is 2.48 bits per heavy atom. The molecule has 0 aliphatic heterocycles. The molecule has 0 fully saturated rings. The van der Waals surface area contributed by atoms with Gasteiger partial charge in [-0.3, -0.25) is 5.32 Å². The van der Waals surface area contributed by atoms with Crippen molar-refractivity contribution in [3.8, 4) is 11.8 Å². The minimum Gasteiger partial charge on any atom is -0.487 e. The summed E-state index contributed by atoms with van der Waals surface area (Å²) in [7, 11) is 1.63. The van der Waals surface area contributed by atoms with Crippen LogP contribution in [-0.2, 0) is 5.54 Å². The zero-order chi connectivity index (χ0) is 15.3. The molecule has 5 heteroatoms. The molecule has 21 heavy (non-hydrogen) atoms. The summed E-state index contributed by atoms with van der Waals surface area (Å²) in [4.78, 5) is 0. The van der Waals surface area contributed by atoms with Crippen molar-refractivity contribution in [3.63, 3.8) is 0 Å². The van der Waals surface area contributed by atoms with Crippen molar-refractivity contribution in [1.82, 2.24) is 5.32 Å². The maximum absolute atomic E-state index is 13.6. The fourth-order valence-corrected chi connectivity index (χ4v) is 1.95. The lowest BCUT2D eigenvalue weighted by Gasteiger charge is -2.26. The molecule has 3 nitrogen and oxygen atoms in total. The Morgan fingerprint density at radius 1 is 1.19 bits per heavy atom. The second-order valence-electron chi connectivity index (χ2n) is 4.50. The van der Waals surface area contributed by atoms with Crippen LogP contribution in [-0.4, -0.2) is 13.7 Å². The smallest absolute Gasteiger partial charge is 0.167 e. The quantitative estimate of drug-likeness (QED) is 0.920. The van der Waals surface area contributed by atoms with E-state index in [1.807, 2.05) is 6.07 Å². The van der Waals surface area contributed by atoms with Crippen LogP contribution in [0.25, 0.3) is 0 Å². The molecule has 0 radical (unpaired) electrons. The molecule has 1 atom stereocenters. The monoisotopic (exact) mass is 288 g/mol. The van der Waals surface area contributed by atoms with E-state index in [0.29, 0.717) is 5.56 Å². The predicted molar refractivity (Wildman–Crippen MR) is 74.6 cm³/mol. The van der Waals surface area contributed by atoms with Gasteiger partial charge < -0.3 is 4.74 Å². The van der Waals surface area contributed by atoms with E-state index in [0.717, 1.165) is 12.1 Å². The average Bonchev–Trinajstić information content (AvgIpc) is 2.51. The minimum atomic E-state index is -1.11. The maximum Gasteiger partial charge on any atom is 0.167 e. The highest BCUT2D eigenvalue weighted by Gasteiger charge is 2.31. The van der Waals surface area contributed by atoms with E-state index in [1.165, 1.54) is 6.07 Å². The van der Waals surface area contributed by atoms with Gasteiger partial charge in [0.1, 0.15) is 12.4 Å². The molecule has 0 spiro atoms. The van der Waals surface area contributed by atoms with Gasteiger partial charge in [0.25, 0.3) is 0 Å². The minimum absolute atomic E-state index is 0.0952. The van der Waals surface area contributed by atoms with Gasteiger partial charge in [0.2, 0.25) is 0 Å². The second kappa shape index (κ2) is 6.33. The van der Waals surface area contributed by atoms with Crippen LogP contribution in [0, 0.1) is 23.0 Å². The number of hydrogen-bond donors (Lipinski definition) is 1. The number of ether oxygens (including phenoxy) is 1. The number of halogens is 2. The van der Waals surface area contributed by atoms with Gasteiger partial charge in [-0.05, 0) is 24.7 Å². The predicted octanol–water partition coefficient (Wildman–Crippen LogP) is 2.98. The second-order valence-corrected chi connectivity index (χ2v) is 4.50. The summed E-state index contributed by atoms with van der Waals surface area (Å²) in [6, 6.07) is 14.2. The van der Waals surface area contributed by atoms with E-state index in [9.17, 15) is 14.0 Å². The molecule has 2 aromatic rings. The van der Waals surface area contributed by atoms with Crippen LogP contribution in [0.15, 0.2) is 48.5 Å². The van der Waals surface area contributed by atoms with Crippen LogP contribution in [0.3, 0.4) is 0 Å². The first-order chi connectivity index (χ1) is 10.1. The number of benzene rings is 2. The van der Waals surface area contributed by atoms with Gasteiger partial charge >= 0.3 is 0 Å². The van der Waals surface area contributed by atoms with Gasteiger partial charge in [0, 0.05) is 6.07 Å². The maximum atomic E-state index is 13.6. The third kappa shape index (κ3) is 3.18. The van der Waals surface area contributed by atoms with Crippen LogP contribution in [0.2, 0.25) is 0 Å². The van der Waals surface area contributed by atoms with Gasteiger partial charge in [-0.25, -0.2) is 8.78 Å². The number of nitrogens with zero attached hydrogens (tertiary/aromatic N) is 1. The van der Waals surface area contributed by atoms with Crippen molar-refractivity contribution in [3.05, 3.63) is 65.7 Å². The summed E-state index contributed by atoms with van der Waals surface area (Å²) < 4.78 is 31.8. The van der Waals surface area contributed by atoms with E-state index in [-0.39, 0.29) is 12.4 Å². The Labute approximate surface area is 121 Å². The van der Waals surface area contributed by atoms with E-state index in [1.54, 1.807) is 31.3 Å². The normalized spacial score (nSPS) is 13.2. The summed E-state index contributed by atoms with van der Waals surface area (Å²) in [6.45, 7) is -0.105. The summed E-state index contributed by atoms with van der Waals surface area (Å²) in [6.07, 6.45) is 0. The first-order valence-electron chi connectivity index (χ1n) is 6.35. The van der Waals surface area contributed by atoms with Crippen molar-refractivity contribution in [1.29, 1.82) is 5.26 Å². The van der Waals surface area contributed by atoms with Crippen LogP contribution in [0.4, 0.5) is 8.78 Å². The van der Waals surface area contributed by atoms with Crippen LogP contribution in [0.1, 0.15) is 5.56 Å². The van der Waals surface area contributed by atoms with Gasteiger partial charge in [-0.1, -0.05) is 30.3 Å². The molecule has 0 amide bonds. The summed E-state index contributed by atoms with van der Waals surface area (Å²) >= 11 is 0. The number of nitriles is 1. The third-order valence-corrected chi connectivity index (χ3v) is 3.22. The molecule has 0 saturated carbocycles. The Balaban J connectivity index is 2.24. The topological polar surface area (TPSA) is 45.0 Å². The van der Waals surface area contributed by atoms with E-state index >= 15 is 0 Å².